The molecular formula is C18H17NO2. The van der Waals surface area contributed by atoms with E-state index < -0.39 is 5.97 Å². The second-order valence-corrected chi connectivity index (χ2v) is 5.27. The lowest BCUT2D eigenvalue weighted by molar-refractivity contribution is 0.0733. The summed E-state index contributed by atoms with van der Waals surface area (Å²) in [6.45, 7) is 6.08. The highest BCUT2D eigenvalue weighted by Gasteiger charge is 2.13. The molecule has 0 bridgehead atoms. The van der Waals surface area contributed by atoms with Crippen molar-refractivity contribution in [1.82, 2.24) is 0 Å². The number of hydrogen-bond donors (Lipinski definition) is 0. The van der Waals surface area contributed by atoms with Crippen LogP contribution in [0, 0.1) is 18.3 Å². The van der Waals surface area contributed by atoms with Gasteiger partial charge in [0.25, 0.3) is 0 Å². The number of benzene rings is 2. The molecular weight excluding hydrogens is 262 g/mol. The molecule has 0 saturated heterocycles. The predicted octanol–water partition coefficient (Wildman–Crippen LogP) is 4.21. The molecule has 0 unspecified atom stereocenters. The molecule has 0 fully saturated rings. The lowest BCUT2D eigenvalue weighted by atomic mass is 10.0. The Balaban J connectivity index is 2.26. The second-order valence-electron chi connectivity index (χ2n) is 5.27. The summed E-state index contributed by atoms with van der Waals surface area (Å²) >= 11 is 0. The Morgan fingerprint density at radius 2 is 1.81 bits per heavy atom. The van der Waals surface area contributed by atoms with Gasteiger partial charge in [0.05, 0.1) is 17.2 Å². The molecule has 21 heavy (non-hydrogen) atoms. The van der Waals surface area contributed by atoms with Gasteiger partial charge in [-0.25, -0.2) is 4.79 Å². The average molecular weight is 279 g/mol. The number of ether oxygens (including phenoxy) is 1. The summed E-state index contributed by atoms with van der Waals surface area (Å²) in [4.78, 5) is 12.2. The molecule has 0 heterocycles. The van der Waals surface area contributed by atoms with Crippen molar-refractivity contribution in [2.24, 2.45) is 0 Å². The Labute approximate surface area is 124 Å². The predicted molar refractivity (Wildman–Crippen MR) is 81.4 cm³/mol. The first kappa shape index (κ1) is 14.8. The molecule has 3 heteroatoms. The second kappa shape index (κ2) is 6.23. The maximum Gasteiger partial charge on any atom is 0.343 e. The summed E-state index contributed by atoms with van der Waals surface area (Å²) in [6.07, 6.45) is 0. The van der Waals surface area contributed by atoms with Crippen molar-refractivity contribution >= 4 is 5.97 Å². The van der Waals surface area contributed by atoms with Gasteiger partial charge in [0.2, 0.25) is 0 Å². The van der Waals surface area contributed by atoms with E-state index in [9.17, 15) is 4.79 Å². The van der Waals surface area contributed by atoms with Gasteiger partial charge in [-0.3, -0.25) is 0 Å². The molecule has 106 valence electrons. The van der Waals surface area contributed by atoms with Crippen molar-refractivity contribution in [1.29, 1.82) is 5.26 Å². The molecule has 0 spiro atoms. The fourth-order valence-electron chi connectivity index (χ4n) is 2.05. The highest BCUT2D eigenvalue weighted by atomic mass is 16.5. The van der Waals surface area contributed by atoms with Gasteiger partial charge in [-0.05, 0) is 54.3 Å². The summed E-state index contributed by atoms with van der Waals surface area (Å²) in [6, 6.07) is 14.3. The maximum absolute atomic E-state index is 12.2. The van der Waals surface area contributed by atoms with Crippen LogP contribution in [0.5, 0.6) is 5.75 Å². The van der Waals surface area contributed by atoms with Gasteiger partial charge in [0.15, 0.2) is 0 Å². The molecule has 2 aromatic rings. The van der Waals surface area contributed by atoms with Crippen molar-refractivity contribution in [3.8, 4) is 11.8 Å². The summed E-state index contributed by atoms with van der Waals surface area (Å²) in [5.41, 5.74) is 3.00. The monoisotopic (exact) mass is 279 g/mol. The number of rotatable bonds is 3. The minimum atomic E-state index is -0.410. The molecule has 0 atom stereocenters. The van der Waals surface area contributed by atoms with E-state index in [-0.39, 0.29) is 5.92 Å². The smallest absolute Gasteiger partial charge is 0.343 e. The normalized spacial score (nSPS) is 10.2. The molecule has 0 radical (unpaired) electrons. The van der Waals surface area contributed by atoms with Gasteiger partial charge in [-0.15, -0.1) is 0 Å². The van der Waals surface area contributed by atoms with Crippen molar-refractivity contribution in [3.05, 3.63) is 64.7 Å². The third-order valence-electron chi connectivity index (χ3n) is 3.24. The van der Waals surface area contributed by atoms with Crippen molar-refractivity contribution in [3.63, 3.8) is 0 Å². The summed E-state index contributed by atoms with van der Waals surface area (Å²) in [5.74, 6) is 0.459. The number of nitrogens with zero attached hydrogens (tertiary/aromatic N) is 1. The number of aryl methyl sites for hydroxylation is 1. The maximum atomic E-state index is 12.2. The van der Waals surface area contributed by atoms with Crippen LogP contribution in [0.1, 0.15) is 46.8 Å². The lowest BCUT2D eigenvalue weighted by Crippen LogP contribution is -2.10. The number of nitriles is 1. The van der Waals surface area contributed by atoms with Crippen LogP contribution in [0.15, 0.2) is 42.5 Å². The molecule has 3 nitrogen and oxygen atoms in total. The van der Waals surface area contributed by atoms with E-state index >= 15 is 0 Å². The van der Waals surface area contributed by atoms with Gasteiger partial charge >= 0.3 is 5.97 Å². The highest BCUT2D eigenvalue weighted by molar-refractivity contribution is 5.91. The van der Waals surface area contributed by atoms with E-state index in [2.05, 4.69) is 13.8 Å². The molecule has 0 saturated carbocycles. The van der Waals surface area contributed by atoms with Crippen molar-refractivity contribution in [2.45, 2.75) is 26.7 Å². The Kier molecular flexibility index (Phi) is 4.39. The fraction of sp³-hybridized carbons (Fsp3) is 0.222. The van der Waals surface area contributed by atoms with Crippen LogP contribution in [0.25, 0.3) is 0 Å². The Bertz CT molecular complexity index is 694. The summed E-state index contributed by atoms with van der Waals surface area (Å²) in [7, 11) is 0. The van der Waals surface area contributed by atoms with Crippen molar-refractivity contribution in [2.75, 3.05) is 0 Å². The van der Waals surface area contributed by atoms with Crippen molar-refractivity contribution < 1.29 is 9.53 Å². The zero-order valence-corrected chi connectivity index (χ0v) is 12.4. The number of esters is 1. The van der Waals surface area contributed by atoms with Crippen LogP contribution in [0.4, 0.5) is 0 Å². The van der Waals surface area contributed by atoms with Gasteiger partial charge in [-0.1, -0.05) is 26.0 Å². The van der Waals surface area contributed by atoms with Gasteiger partial charge in [-0.2, -0.15) is 5.26 Å². The van der Waals surface area contributed by atoms with Crippen LogP contribution in [-0.4, -0.2) is 5.97 Å². The van der Waals surface area contributed by atoms with Crippen LogP contribution in [0.2, 0.25) is 0 Å². The quantitative estimate of drug-likeness (QED) is 0.624. The lowest BCUT2D eigenvalue weighted by Gasteiger charge is -2.13. The SMILES string of the molecule is Cc1ccc(C(C)C)c(OC(=O)c2ccc(C#N)cc2)c1. The van der Waals surface area contributed by atoms with Crippen LogP contribution < -0.4 is 4.74 Å². The van der Waals surface area contributed by atoms with Crippen LogP contribution in [-0.2, 0) is 0 Å². The molecule has 0 N–H and O–H groups in total. The van der Waals surface area contributed by atoms with Gasteiger partial charge in [0, 0.05) is 0 Å². The minimum absolute atomic E-state index is 0.273. The highest BCUT2D eigenvalue weighted by Crippen LogP contribution is 2.28. The first-order chi connectivity index (χ1) is 10.0. The Hall–Kier alpha value is -2.60. The van der Waals surface area contributed by atoms with E-state index in [4.69, 9.17) is 10.00 Å². The van der Waals surface area contributed by atoms with E-state index in [0.29, 0.717) is 16.9 Å². The number of carbonyl (C=O) groups excluding carboxylic acids is 1. The zero-order valence-electron chi connectivity index (χ0n) is 12.4. The fourth-order valence-corrected chi connectivity index (χ4v) is 2.05. The number of carbonyl (C=O) groups is 1. The van der Waals surface area contributed by atoms with Gasteiger partial charge in [0.1, 0.15) is 5.75 Å². The molecule has 0 aromatic heterocycles. The van der Waals surface area contributed by atoms with Gasteiger partial charge < -0.3 is 4.74 Å². The molecule has 0 amide bonds. The van der Waals surface area contributed by atoms with E-state index in [1.807, 2.05) is 31.2 Å². The third-order valence-corrected chi connectivity index (χ3v) is 3.24. The molecule has 0 aliphatic heterocycles. The minimum Gasteiger partial charge on any atom is -0.423 e. The average Bonchev–Trinajstić information content (AvgIpc) is 2.47. The molecule has 0 aliphatic carbocycles. The summed E-state index contributed by atoms with van der Waals surface area (Å²) in [5, 5.41) is 8.76. The number of hydrogen-bond acceptors (Lipinski definition) is 3. The zero-order chi connectivity index (χ0) is 15.4. The molecule has 0 aliphatic rings. The Morgan fingerprint density at radius 1 is 1.14 bits per heavy atom. The van der Waals surface area contributed by atoms with Crippen LogP contribution in [0.3, 0.4) is 0 Å². The van der Waals surface area contributed by atoms with E-state index in [1.165, 1.54) is 0 Å². The summed E-state index contributed by atoms with van der Waals surface area (Å²) < 4.78 is 5.53. The standard InChI is InChI=1S/C18H17NO2/c1-12(2)16-9-4-13(3)10-17(16)21-18(20)15-7-5-14(11-19)6-8-15/h4-10,12H,1-3H3. The van der Waals surface area contributed by atoms with E-state index in [1.54, 1.807) is 24.3 Å². The molecule has 2 rings (SSSR count). The first-order valence-corrected chi connectivity index (χ1v) is 6.84. The first-order valence-electron chi connectivity index (χ1n) is 6.84. The van der Waals surface area contributed by atoms with E-state index in [0.717, 1.165) is 11.1 Å². The third kappa shape index (κ3) is 3.49. The topological polar surface area (TPSA) is 50.1 Å². The molecule has 2 aromatic carbocycles. The largest absolute Gasteiger partial charge is 0.423 e. The van der Waals surface area contributed by atoms with Crippen LogP contribution >= 0.6 is 0 Å². The Morgan fingerprint density at radius 3 is 2.38 bits per heavy atom.